The Balaban J connectivity index is 2.22. The number of hydrogen-bond donors (Lipinski definition) is 1. The normalized spacial score (nSPS) is 25.5. The molecule has 9 nitrogen and oxygen atoms in total. The molecule has 0 bridgehead atoms. The number of benzene rings is 1. The highest BCUT2D eigenvalue weighted by Gasteiger charge is 2.41. The third-order valence-electron chi connectivity index (χ3n) is 3.76. The molecule has 0 unspecified atom stereocenters. The van der Waals surface area contributed by atoms with Crippen LogP contribution in [0.1, 0.15) is 23.7 Å². The number of amides is 1. The van der Waals surface area contributed by atoms with E-state index in [2.05, 4.69) is 15.3 Å². The molecule has 1 aromatic carbocycles. The number of carbonyl (C=O) groups excluding carboxylic acids is 2. The van der Waals surface area contributed by atoms with Crippen LogP contribution in [-0.4, -0.2) is 50.1 Å². The van der Waals surface area contributed by atoms with Crippen molar-refractivity contribution in [1.82, 2.24) is 5.32 Å². The standard InChI is InChI=1S/C16H20N4O5/c1-10(21)19-12-8-14(23-2)24-13(9-18-20-17)15(12)25-16(22)11-6-4-3-5-7-11/h3-7,12-15H,8-9H2,1-2H3,(H,19,21)/t12-,13+,14-,15+/m0/s1. The van der Waals surface area contributed by atoms with Crippen molar-refractivity contribution in [2.45, 2.75) is 37.9 Å². The van der Waals surface area contributed by atoms with E-state index < -0.39 is 30.5 Å². The van der Waals surface area contributed by atoms with E-state index in [1.54, 1.807) is 30.3 Å². The lowest BCUT2D eigenvalue weighted by atomic mass is 9.98. The molecule has 1 aliphatic rings. The molecule has 1 amide bonds. The number of ether oxygens (including phenoxy) is 3. The van der Waals surface area contributed by atoms with Crippen molar-refractivity contribution in [3.63, 3.8) is 0 Å². The highest BCUT2D eigenvalue weighted by molar-refractivity contribution is 5.89. The molecule has 1 aliphatic heterocycles. The zero-order valence-electron chi connectivity index (χ0n) is 14.0. The van der Waals surface area contributed by atoms with Crippen LogP contribution < -0.4 is 5.32 Å². The zero-order valence-corrected chi connectivity index (χ0v) is 14.0. The van der Waals surface area contributed by atoms with Crippen LogP contribution in [0.3, 0.4) is 0 Å². The average Bonchev–Trinajstić information content (AvgIpc) is 2.61. The number of carbonyl (C=O) groups is 2. The minimum Gasteiger partial charge on any atom is -0.454 e. The average molecular weight is 348 g/mol. The molecule has 0 spiro atoms. The Morgan fingerprint density at radius 1 is 1.40 bits per heavy atom. The molecular formula is C16H20N4O5. The van der Waals surface area contributed by atoms with Crippen molar-refractivity contribution < 1.29 is 23.8 Å². The van der Waals surface area contributed by atoms with E-state index in [-0.39, 0.29) is 12.5 Å². The van der Waals surface area contributed by atoms with Crippen molar-refractivity contribution >= 4 is 11.9 Å². The van der Waals surface area contributed by atoms with Gasteiger partial charge in [0, 0.05) is 25.4 Å². The van der Waals surface area contributed by atoms with Crippen LogP contribution >= 0.6 is 0 Å². The van der Waals surface area contributed by atoms with Crippen LogP contribution in [0.25, 0.3) is 10.4 Å². The van der Waals surface area contributed by atoms with Crippen LogP contribution in [0.5, 0.6) is 0 Å². The summed E-state index contributed by atoms with van der Waals surface area (Å²) in [5, 5.41) is 6.25. The van der Waals surface area contributed by atoms with Crippen LogP contribution in [0.15, 0.2) is 35.4 Å². The monoisotopic (exact) mass is 348 g/mol. The number of hydrogen-bond acceptors (Lipinski definition) is 6. The van der Waals surface area contributed by atoms with Gasteiger partial charge in [-0.05, 0) is 17.7 Å². The third-order valence-corrected chi connectivity index (χ3v) is 3.76. The van der Waals surface area contributed by atoms with Crippen LogP contribution in [0.4, 0.5) is 0 Å². The molecule has 2 rings (SSSR count). The van der Waals surface area contributed by atoms with E-state index in [9.17, 15) is 9.59 Å². The van der Waals surface area contributed by atoms with Gasteiger partial charge in [0.25, 0.3) is 0 Å². The van der Waals surface area contributed by atoms with Crippen molar-refractivity contribution in [2.75, 3.05) is 13.7 Å². The summed E-state index contributed by atoms with van der Waals surface area (Å²) in [5.41, 5.74) is 8.95. The molecule has 25 heavy (non-hydrogen) atoms. The first-order valence-corrected chi connectivity index (χ1v) is 7.77. The fourth-order valence-electron chi connectivity index (χ4n) is 2.67. The van der Waals surface area contributed by atoms with Gasteiger partial charge in [0.1, 0.15) is 12.2 Å². The molecule has 0 aromatic heterocycles. The van der Waals surface area contributed by atoms with Gasteiger partial charge < -0.3 is 19.5 Å². The fraction of sp³-hybridized carbons (Fsp3) is 0.500. The van der Waals surface area contributed by atoms with Crippen molar-refractivity contribution in [1.29, 1.82) is 0 Å². The summed E-state index contributed by atoms with van der Waals surface area (Å²) in [5.74, 6) is -0.823. The molecule has 1 heterocycles. The second kappa shape index (κ2) is 9.03. The number of rotatable bonds is 6. The van der Waals surface area contributed by atoms with Gasteiger partial charge in [-0.2, -0.15) is 0 Å². The summed E-state index contributed by atoms with van der Waals surface area (Å²) in [6, 6.07) is 7.95. The van der Waals surface area contributed by atoms with E-state index in [1.807, 2.05) is 0 Å². The van der Waals surface area contributed by atoms with E-state index in [4.69, 9.17) is 19.7 Å². The van der Waals surface area contributed by atoms with Crippen LogP contribution in [0.2, 0.25) is 0 Å². The van der Waals surface area contributed by atoms with E-state index >= 15 is 0 Å². The van der Waals surface area contributed by atoms with Crippen molar-refractivity contribution in [2.24, 2.45) is 5.11 Å². The lowest BCUT2D eigenvalue weighted by Gasteiger charge is -2.40. The molecule has 134 valence electrons. The highest BCUT2D eigenvalue weighted by atomic mass is 16.7. The maximum atomic E-state index is 12.4. The minimum absolute atomic E-state index is 0.0564. The Bertz CT molecular complexity index is 633. The van der Waals surface area contributed by atoms with Gasteiger partial charge in [-0.1, -0.05) is 23.3 Å². The maximum Gasteiger partial charge on any atom is 0.338 e. The molecule has 9 heteroatoms. The van der Waals surface area contributed by atoms with Crippen molar-refractivity contribution in [3.05, 3.63) is 46.3 Å². The Morgan fingerprint density at radius 3 is 2.72 bits per heavy atom. The molecule has 1 saturated heterocycles. The van der Waals surface area contributed by atoms with Gasteiger partial charge in [0.05, 0.1) is 18.2 Å². The second-order valence-corrected chi connectivity index (χ2v) is 5.53. The smallest absolute Gasteiger partial charge is 0.338 e. The first kappa shape index (κ1) is 18.7. The largest absolute Gasteiger partial charge is 0.454 e. The van der Waals surface area contributed by atoms with Gasteiger partial charge in [-0.25, -0.2) is 4.79 Å². The summed E-state index contributed by atoms with van der Waals surface area (Å²) in [4.78, 5) is 26.6. The number of nitrogens with one attached hydrogen (secondary N) is 1. The summed E-state index contributed by atoms with van der Waals surface area (Å²) >= 11 is 0. The van der Waals surface area contributed by atoms with Gasteiger partial charge in [-0.15, -0.1) is 0 Å². The molecule has 1 aromatic rings. The highest BCUT2D eigenvalue weighted by Crippen LogP contribution is 2.25. The Hall–Kier alpha value is -2.61. The summed E-state index contributed by atoms with van der Waals surface area (Å²) in [7, 11) is 1.47. The molecule has 0 radical (unpaired) electrons. The molecular weight excluding hydrogens is 328 g/mol. The number of methoxy groups -OCH3 is 1. The summed E-state index contributed by atoms with van der Waals surface area (Å²) in [6.07, 6.45) is -1.86. The second-order valence-electron chi connectivity index (χ2n) is 5.53. The zero-order chi connectivity index (χ0) is 18.2. The van der Waals surface area contributed by atoms with Gasteiger partial charge in [-0.3, -0.25) is 4.79 Å². The predicted molar refractivity (Wildman–Crippen MR) is 87.6 cm³/mol. The van der Waals surface area contributed by atoms with Crippen LogP contribution in [-0.2, 0) is 19.0 Å². The summed E-state index contributed by atoms with van der Waals surface area (Å²) < 4.78 is 16.5. The maximum absolute atomic E-state index is 12.4. The molecule has 0 aliphatic carbocycles. The SMILES string of the molecule is CO[C@@H]1C[C@H](NC(C)=O)[C@@H](OC(=O)c2ccccc2)[C@@H](CN=[N+]=[N-])O1. The Morgan fingerprint density at radius 2 is 2.12 bits per heavy atom. The Kier molecular flexibility index (Phi) is 6.76. The van der Waals surface area contributed by atoms with Crippen molar-refractivity contribution in [3.8, 4) is 0 Å². The first-order valence-electron chi connectivity index (χ1n) is 7.77. The number of nitrogens with zero attached hydrogens (tertiary/aromatic N) is 3. The first-order chi connectivity index (χ1) is 12.0. The topological polar surface area (TPSA) is 123 Å². The predicted octanol–water partition coefficient (Wildman–Crippen LogP) is 1.79. The quantitative estimate of drug-likeness (QED) is 0.363. The molecule has 1 N–H and O–H groups in total. The number of azide groups is 1. The lowest BCUT2D eigenvalue weighted by molar-refractivity contribution is -0.217. The van der Waals surface area contributed by atoms with E-state index in [1.165, 1.54) is 14.0 Å². The fourth-order valence-corrected chi connectivity index (χ4v) is 2.67. The van der Waals surface area contributed by atoms with Crippen LogP contribution in [0, 0.1) is 0 Å². The number of esters is 1. The van der Waals surface area contributed by atoms with E-state index in [0.29, 0.717) is 12.0 Å². The molecule has 0 saturated carbocycles. The molecule has 1 fully saturated rings. The minimum atomic E-state index is -0.812. The lowest BCUT2D eigenvalue weighted by Crippen LogP contribution is -2.58. The molecule has 4 atom stereocenters. The van der Waals surface area contributed by atoms with E-state index in [0.717, 1.165) is 0 Å². The Labute approximate surface area is 144 Å². The summed E-state index contributed by atoms with van der Waals surface area (Å²) in [6.45, 7) is 1.31. The van der Waals surface area contributed by atoms with Gasteiger partial charge >= 0.3 is 5.97 Å². The van der Waals surface area contributed by atoms with Gasteiger partial charge in [0.15, 0.2) is 6.29 Å². The van der Waals surface area contributed by atoms with Gasteiger partial charge in [0.2, 0.25) is 5.91 Å². The third kappa shape index (κ3) is 5.18.